The van der Waals surface area contributed by atoms with E-state index in [9.17, 15) is 13.6 Å². The van der Waals surface area contributed by atoms with Crippen molar-refractivity contribution in [1.29, 1.82) is 5.26 Å². The molecule has 1 heterocycles. The smallest absolute Gasteiger partial charge is 0.266 e. The van der Waals surface area contributed by atoms with Gasteiger partial charge in [-0.25, -0.2) is 13.8 Å². The van der Waals surface area contributed by atoms with Gasteiger partial charge < -0.3 is 0 Å². The van der Waals surface area contributed by atoms with Gasteiger partial charge in [-0.2, -0.15) is 5.26 Å². The summed E-state index contributed by atoms with van der Waals surface area (Å²) in [4.78, 5) is 17.3. The lowest BCUT2D eigenvalue weighted by molar-refractivity contribution is 0.572. The topological polar surface area (TPSA) is 58.7 Å². The molecule has 0 saturated heterocycles. The maximum absolute atomic E-state index is 14.3. The lowest BCUT2D eigenvalue weighted by atomic mass is 10.2. The Morgan fingerprint density at radius 3 is 2.72 bits per heavy atom. The van der Waals surface area contributed by atoms with E-state index < -0.39 is 22.4 Å². The molecule has 0 saturated carbocycles. The Morgan fingerprint density at radius 2 is 2.04 bits per heavy atom. The lowest BCUT2D eigenvalue weighted by Crippen LogP contribution is -2.23. The molecule has 0 amide bonds. The number of halogens is 3. The van der Waals surface area contributed by atoms with Gasteiger partial charge in [-0.15, -0.1) is 0 Å². The number of fused-ring (bicyclic) bond motifs is 1. The largest absolute Gasteiger partial charge is 0.268 e. The van der Waals surface area contributed by atoms with Crippen molar-refractivity contribution in [3.05, 3.63) is 63.4 Å². The fraction of sp³-hybridized carbons (Fsp3) is 0.118. The van der Waals surface area contributed by atoms with Crippen molar-refractivity contribution >= 4 is 34.3 Å². The number of hydrogen-bond acceptors (Lipinski definition) is 4. The molecule has 3 aromatic rings. The monoisotopic (exact) mass is 377 g/mol. The second-order valence-corrected chi connectivity index (χ2v) is 6.93. The predicted molar refractivity (Wildman–Crippen MR) is 93.2 cm³/mol. The average molecular weight is 378 g/mol. The van der Waals surface area contributed by atoms with Crippen molar-refractivity contribution in [2.24, 2.45) is 0 Å². The molecule has 0 aliphatic heterocycles. The Labute approximate surface area is 150 Å². The number of rotatable bonds is 3. The molecule has 2 aromatic carbocycles. The zero-order valence-electron chi connectivity index (χ0n) is 12.8. The molecule has 0 radical (unpaired) electrons. The summed E-state index contributed by atoms with van der Waals surface area (Å²) in [5.41, 5.74) is -0.320. The van der Waals surface area contributed by atoms with Crippen LogP contribution in [-0.2, 0) is 0 Å². The minimum Gasteiger partial charge on any atom is -0.268 e. The minimum atomic E-state index is -0.906. The van der Waals surface area contributed by atoms with E-state index in [2.05, 4.69) is 4.98 Å². The van der Waals surface area contributed by atoms with Crippen LogP contribution in [0.2, 0.25) is 5.02 Å². The molecule has 126 valence electrons. The third kappa shape index (κ3) is 3.36. The van der Waals surface area contributed by atoms with Gasteiger partial charge in [0.25, 0.3) is 5.56 Å². The zero-order chi connectivity index (χ0) is 18.1. The summed E-state index contributed by atoms with van der Waals surface area (Å²) in [5.74, 6) is -1.66. The van der Waals surface area contributed by atoms with E-state index in [1.165, 1.54) is 6.07 Å². The van der Waals surface area contributed by atoms with Crippen LogP contribution in [0.15, 0.2) is 46.3 Å². The third-order valence-corrected chi connectivity index (χ3v) is 4.59. The number of aromatic nitrogens is 2. The highest BCUT2D eigenvalue weighted by molar-refractivity contribution is 8.00. The molecule has 8 heteroatoms. The zero-order valence-corrected chi connectivity index (χ0v) is 14.4. The number of thioether (sulfide) groups is 1. The SMILES string of the molecule is C[C@@H](C#N)Sc1nc2ccc(Cl)cc2c(=O)n1-c1ccc(F)cc1F. The summed E-state index contributed by atoms with van der Waals surface area (Å²) in [5, 5.41) is 9.19. The Bertz CT molecular complexity index is 1080. The molecule has 0 bridgehead atoms. The van der Waals surface area contributed by atoms with E-state index in [-0.39, 0.29) is 16.2 Å². The summed E-state index contributed by atoms with van der Waals surface area (Å²) >= 11 is 6.95. The van der Waals surface area contributed by atoms with E-state index in [0.29, 0.717) is 16.6 Å². The lowest BCUT2D eigenvalue weighted by Gasteiger charge is -2.14. The van der Waals surface area contributed by atoms with Crippen molar-refractivity contribution in [2.45, 2.75) is 17.3 Å². The van der Waals surface area contributed by atoms with Gasteiger partial charge in [0.15, 0.2) is 5.16 Å². The molecule has 0 aliphatic rings. The standard InChI is InChI=1S/C17H10ClF2N3OS/c1-9(8-21)25-17-22-14-4-2-10(18)6-12(14)16(24)23(17)15-5-3-11(19)7-13(15)20/h2-7,9H,1H3/t9-/m0/s1. The first kappa shape index (κ1) is 17.4. The van der Waals surface area contributed by atoms with Crippen LogP contribution in [0.1, 0.15) is 6.92 Å². The predicted octanol–water partition coefficient (Wildman–Crippen LogP) is 4.32. The average Bonchev–Trinajstić information content (AvgIpc) is 2.57. The molecule has 3 rings (SSSR count). The first-order valence-electron chi connectivity index (χ1n) is 7.14. The molecular weight excluding hydrogens is 368 g/mol. The second-order valence-electron chi connectivity index (χ2n) is 5.18. The molecule has 0 spiro atoms. The van der Waals surface area contributed by atoms with Crippen LogP contribution >= 0.6 is 23.4 Å². The normalized spacial score (nSPS) is 12.1. The van der Waals surface area contributed by atoms with E-state index in [0.717, 1.165) is 28.5 Å². The number of hydrogen-bond donors (Lipinski definition) is 0. The summed E-state index contributed by atoms with van der Waals surface area (Å²) in [6.07, 6.45) is 0. The molecule has 0 aliphatic carbocycles. The molecule has 1 aromatic heterocycles. The van der Waals surface area contributed by atoms with E-state index in [4.69, 9.17) is 16.9 Å². The molecular formula is C17H10ClF2N3OS. The maximum atomic E-state index is 14.3. The first-order valence-corrected chi connectivity index (χ1v) is 8.40. The van der Waals surface area contributed by atoms with Crippen LogP contribution in [0.4, 0.5) is 8.78 Å². The van der Waals surface area contributed by atoms with Crippen LogP contribution < -0.4 is 5.56 Å². The fourth-order valence-electron chi connectivity index (χ4n) is 2.28. The molecule has 0 fully saturated rings. The minimum absolute atomic E-state index is 0.138. The van der Waals surface area contributed by atoms with Crippen molar-refractivity contribution in [3.63, 3.8) is 0 Å². The van der Waals surface area contributed by atoms with Gasteiger partial charge in [0, 0.05) is 11.1 Å². The molecule has 0 unspecified atom stereocenters. The Morgan fingerprint density at radius 1 is 1.28 bits per heavy atom. The third-order valence-electron chi connectivity index (χ3n) is 3.41. The molecule has 0 N–H and O–H groups in total. The Kier molecular flexibility index (Phi) is 4.75. The highest BCUT2D eigenvalue weighted by Crippen LogP contribution is 2.26. The number of benzene rings is 2. The molecule has 25 heavy (non-hydrogen) atoms. The summed E-state index contributed by atoms with van der Waals surface area (Å²) in [6.45, 7) is 1.63. The number of nitriles is 1. The van der Waals surface area contributed by atoms with Gasteiger partial charge in [-0.1, -0.05) is 23.4 Å². The van der Waals surface area contributed by atoms with E-state index in [1.54, 1.807) is 19.1 Å². The van der Waals surface area contributed by atoms with Crippen LogP contribution in [0, 0.1) is 23.0 Å². The highest BCUT2D eigenvalue weighted by atomic mass is 35.5. The van der Waals surface area contributed by atoms with Crippen LogP contribution in [0.25, 0.3) is 16.6 Å². The molecule has 1 atom stereocenters. The number of nitrogens with zero attached hydrogens (tertiary/aromatic N) is 3. The Balaban J connectivity index is 2.37. The summed E-state index contributed by atoms with van der Waals surface area (Å²) in [6, 6.07) is 9.52. The summed E-state index contributed by atoms with van der Waals surface area (Å²) < 4.78 is 28.5. The van der Waals surface area contributed by atoms with Crippen LogP contribution in [0.5, 0.6) is 0 Å². The van der Waals surface area contributed by atoms with Gasteiger partial charge in [0.2, 0.25) is 0 Å². The summed E-state index contributed by atoms with van der Waals surface area (Å²) in [7, 11) is 0. The first-order chi connectivity index (χ1) is 11.9. The van der Waals surface area contributed by atoms with E-state index in [1.807, 2.05) is 6.07 Å². The van der Waals surface area contributed by atoms with Gasteiger partial charge in [-0.3, -0.25) is 9.36 Å². The van der Waals surface area contributed by atoms with Crippen molar-refractivity contribution < 1.29 is 8.78 Å². The van der Waals surface area contributed by atoms with Crippen molar-refractivity contribution in [1.82, 2.24) is 9.55 Å². The molecule has 4 nitrogen and oxygen atoms in total. The Hall–Kier alpha value is -2.43. The van der Waals surface area contributed by atoms with Gasteiger partial charge in [0.05, 0.1) is 27.9 Å². The highest BCUT2D eigenvalue weighted by Gasteiger charge is 2.18. The van der Waals surface area contributed by atoms with Gasteiger partial charge in [0.1, 0.15) is 11.6 Å². The van der Waals surface area contributed by atoms with Gasteiger partial charge >= 0.3 is 0 Å². The van der Waals surface area contributed by atoms with Gasteiger partial charge in [-0.05, 0) is 37.3 Å². The van der Waals surface area contributed by atoms with E-state index >= 15 is 0 Å². The van der Waals surface area contributed by atoms with Crippen LogP contribution in [-0.4, -0.2) is 14.8 Å². The van der Waals surface area contributed by atoms with Crippen molar-refractivity contribution in [2.75, 3.05) is 0 Å². The van der Waals surface area contributed by atoms with Crippen molar-refractivity contribution in [3.8, 4) is 11.8 Å². The fourth-order valence-corrected chi connectivity index (χ4v) is 3.25. The maximum Gasteiger partial charge on any atom is 0.266 e. The quantitative estimate of drug-likeness (QED) is 0.503. The van der Waals surface area contributed by atoms with Crippen LogP contribution in [0.3, 0.4) is 0 Å². The second kappa shape index (κ2) is 6.82.